The van der Waals surface area contributed by atoms with E-state index in [1.54, 1.807) is 0 Å². The molecule has 2 nitrogen and oxygen atoms in total. The Hall–Kier alpha value is -0.370. The summed E-state index contributed by atoms with van der Waals surface area (Å²) in [6, 6.07) is 0. The third-order valence-corrected chi connectivity index (χ3v) is 0.807. The standard InChI is InChI=1S/C3Cl2F6N2/c4-1(5)12-13(2(6,7)8)3(9,10)11. The van der Waals surface area contributed by atoms with Gasteiger partial charge in [0.2, 0.25) is 4.63 Å². The molecule has 0 bridgehead atoms. The number of hydrogen-bond donors (Lipinski definition) is 0. The largest absolute Gasteiger partial charge is 0.507 e. The van der Waals surface area contributed by atoms with Gasteiger partial charge in [-0.3, -0.25) is 0 Å². The second kappa shape index (κ2) is 3.79. The van der Waals surface area contributed by atoms with Crippen molar-refractivity contribution in [2.75, 3.05) is 0 Å². The van der Waals surface area contributed by atoms with Crippen LogP contribution in [0.3, 0.4) is 0 Å². The van der Waals surface area contributed by atoms with Crippen LogP contribution >= 0.6 is 23.2 Å². The van der Waals surface area contributed by atoms with E-state index in [1.807, 2.05) is 5.10 Å². The van der Waals surface area contributed by atoms with Crippen LogP contribution in [0.1, 0.15) is 0 Å². The number of hydrogen-bond acceptors (Lipinski definition) is 2. The Morgan fingerprint density at radius 2 is 1.23 bits per heavy atom. The van der Waals surface area contributed by atoms with E-state index in [0.717, 1.165) is 0 Å². The van der Waals surface area contributed by atoms with E-state index in [1.165, 1.54) is 0 Å². The maximum absolute atomic E-state index is 11.6. The quantitative estimate of drug-likeness (QED) is 0.301. The lowest BCUT2D eigenvalue weighted by Gasteiger charge is -2.22. The third kappa shape index (κ3) is 4.41. The van der Waals surface area contributed by atoms with E-state index in [2.05, 4.69) is 23.2 Å². The van der Waals surface area contributed by atoms with Gasteiger partial charge in [0.15, 0.2) is 0 Å². The second-order valence-corrected chi connectivity index (χ2v) is 2.50. The van der Waals surface area contributed by atoms with Gasteiger partial charge >= 0.3 is 12.6 Å². The van der Waals surface area contributed by atoms with E-state index in [0.29, 0.717) is 0 Å². The fourth-order valence-electron chi connectivity index (χ4n) is 0.333. The lowest BCUT2D eigenvalue weighted by Crippen LogP contribution is -2.44. The van der Waals surface area contributed by atoms with Gasteiger partial charge in [-0.25, -0.2) is 0 Å². The van der Waals surface area contributed by atoms with Crippen LogP contribution in [0.4, 0.5) is 26.3 Å². The van der Waals surface area contributed by atoms with Gasteiger partial charge in [0.25, 0.3) is 0 Å². The molecule has 10 heteroatoms. The van der Waals surface area contributed by atoms with Crippen LogP contribution in [0.5, 0.6) is 0 Å². The fraction of sp³-hybridized carbons (Fsp3) is 0.667. The first kappa shape index (κ1) is 12.6. The minimum absolute atomic E-state index is 1.39. The van der Waals surface area contributed by atoms with Crippen molar-refractivity contribution in [3.63, 3.8) is 0 Å². The number of rotatable bonds is 1. The highest BCUT2D eigenvalue weighted by atomic mass is 35.5. The molecule has 78 valence electrons. The highest BCUT2D eigenvalue weighted by molar-refractivity contribution is 6.95. The Kier molecular flexibility index (Phi) is 3.68. The Balaban J connectivity index is 4.90. The van der Waals surface area contributed by atoms with Gasteiger partial charge in [0, 0.05) is 0 Å². The average molecular weight is 249 g/mol. The number of alkyl halides is 6. The van der Waals surface area contributed by atoms with E-state index < -0.39 is 22.2 Å². The summed E-state index contributed by atoms with van der Waals surface area (Å²) in [6.45, 7) is 0. The molecule has 0 saturated carbocycles. The molecule has 0 atom stereocenters. The van der Waals surface area contributed by atoms with Gasteiger partial charge in [-0.2, -0.15) is 0 Å². The zero-order chi connectivity index (χ0) is 10.9. The van der Waals surface area contributed by atoms with Gasteiger partial charge in [-0.15, -0.1) is 36.5 Å². The van der Waals surface area contributed by atoms with Gasteiger partial charge in [0.05, 0.1) is 0 Å². The number of hydrazone groups is 1. The molecule has 0 aliphatic carbocycles. The Morgan fingerprint density at radius 1 is 0.923 bits per heavy atom. The molecule has 0 N–H and O–H groups in total. The van der Waals surface area contributed by atoms with Crippen LogP contribution in [0.2, 0.25) is 0 Å². The second-order valence-electron chi connectivity index (χ2n) is 1.59. The average Bonchev–Trinajstić information content (AvgIpc) is 1.77. The molecule has 0 spiro atoms. The minimum atomic E-state index is -5.72. The third-order valence-electron chi connectivity index (χ3n) is 0.656. The zero-order valence-corrected chi connectivity index (χ0v) is 6.93. The van der Waals surface area contributed by atoms with Crippen LogP contribution in [-0.2, 0) is 0 Å². The van der Waals surface area contributed by atoms with Gasteiger partial charge in [-0.05, 0) is 23.2 Å². The van der Waals surface area contributed by atoms with E-state index >= 15 is 0 Å². The van der Waals surface area contributed by atoms with Gasteiger partial charge in [-0.1, -0.05) is 0 Å². The van der Waals surface area contributed by atoms with E-state index in [9.17, 15) is 26.3 Å². The molecule has 0 unspecified atom stereocenters. The van der Waals surface area contributed by atoms with Gasteiger partial charge < -0.3 is 0 Å². The maximum atomic E-state index is 11.6. The normalized spacial score (nSPS) is 12.6. The monoisotopic (exact) mass is 248 g/mol. The SMILES string of the molecule is FC(F)(F)N(N=C(Cl)Cl)C(F)(F)F. The molecule has 0 heterocycles. The molecular weight excluding hydrogens is 249 g/mol. The number of halogens is 8. The summed E-state index contributed by atoms with van der Waals surface area (Å²) in [6.07, 6.45) is -11.4. The summed E-state index contributed by atoms with van der Waals surface area (Å²) in [5, 5.41) is -0.252. The highest BCUT2D eigenvalue weighted by Crippen LogP contribution is 2.33. The molecule has 0 fully saturated rings. The van der Waals surface area contributed by atoms with Crippen molar-refractivity contribution in [3.05, 3.63) is 0 Å². The van der Waals surface area contributed by atoms with Crippen LogP contribution in [-0.4, -0.2) is 22.2 Å². The number of nitrogens with zero attached hydrogens (tertiary/aromatic N) is 2. The van der Waals surface area contributed by atoms with E-state index in [4.69, 9.17) is 0 Å². The molecular formula is C3Cl2F6N2. The van der Waals surface area contributed by atoms with Crippen molar-refractivity contribution in [1.82, 2.24) is 5.01 Å². The Bertz CT molecular complexity index is 189. The van der Waals surface area contributed by atoms with Crippen LogP contribution in [0, 0.1) is 0 Å². The van der Waals surface area contributed by atoms with Crippen LogP contribution < -0.4 is 0 Å². The lowest BCUT2D eigenvalue weighted by molar-refractivity contribution is -0.373. The zero-order valence-electron chi connectivity index (χ0n) is 5.42. The molecule has 0 aromatic rings. The summed E-state index contributed by atoms with van der Waals surface area (Å²) in [5.41, 5.74) is 0. The van der Waals surface area contributed by atoms with Crippen LogP contribution in [0.25, 0.3) is 0 Å². The maximum Gasteiger partial charge on any atom is 0.507 e. The first-order valence-electron chi connectivity index (χ1n) is 2.38. The first-order valence-corrected chi connectivity index (χ1v) is 3.14. The minimum Gasteiger partial charge on any atom is -0.149 e. The lowest BCUT2D eigenvalue weighted by atomic mass is 10.9. The summed E-state index contributed by atoms with van der Waals surface area (Å²) >= 11 is 9.12. The molecule has 0 amide bonds. The highest BCUT2D eigenvalue weighted by Gasteiger charge is 2.54. The van der Waals surface area contributed by atoms with Crippen molar-refractivity contribution in [1.29, 1.82) is 0 Å². The molecule has 0 aromatic carbocycles. The molecule has 13 heavy (non-hydrogen) atoms. The Morgan fingerprint density at radius 3 is 1.31 bits per heavy atom. The smallest absolute Gasteiger partial charge is 0.149 e. The molecule has 0 saturated heterocycles. The van der Waals surface area contributed by atoms with Crippen molar-refractivity contribution in [3.8, 4) is 0 Å². The predicted molar refractivity (Wildman–Crippen MR) is 33.1 cm³/mol. The molecule has 0 rings (SSSR count). The van der Waals surface area contributed by atoms with Crippen molar-refractivity contribution < 1.29 is 26.3 Å². The summed E-state index contributed by atoms with van der Waals surface area (Å²) in [7, 11) is 0. The fourth-order valence-corrected chi connectivity index (χ4v) is 0.484. The predicted octanol–water partition coefficient (Wildman–Crippen LogP) is 3.08. The topological polar surface area (TPSA) is 15.6 Å². The van der Waals surface area contributed by atoms with Crippen LogP contribution in [0.15, 0.2) is 5.10 Å². The first-order chi connectivity index (χ1) is 5.55. The molecule has 0 aliphatic heterocycles. The van der Waals surface area contributed by atoms with Crippen molar-refractivity contribution in [2.24, 2.45) is 5.10 Å². The van der Waals surface area contributed by atoms with Crippen molar-refractivity contribution >= 4 is 27.8 Å². The van der Waals surface area contributed by atoms with E-state index in [-0.39, 0.29) is 0 Å². The Labute approximate surface area is 77.7 Å². The summed E-state index contributed by atoms with van der Waals surface area (Å²) in [5.74, 6) is 0. The molecule has 0 aromatic heterocycles. The molecule has 0 aliphatic rings. The van der Waals surface area contributed by atoms with Gasteiger partial charge in [0.1, 0.15) is 0 Å². The summed E-state index contributed by atoms with van der Waals surface area (Å²) in [4.78, 5) is 0. The summed E-state index contributed by atoms with van der Waals surface area (Å²) < 4.78 is 68.0. The molecule has 0 radical (unpaired) electrons. The van der Waals surface area contributed by atoms with Crippen molar-refractivity contribution in [2.45, 2.75) is 12.6 Å².